The molecule has 26 nitrogen and oxygen atoms in total. The maximum atomic E-state index is 12.2. The van der Waals surface area contributed by atoms with Gasteiger partial charge in [-0.3, -0.25) is 47.9 Å². The van der Waals surface area contributed by atoms with Gasteiger partial charge in [0.15, 0.2) is 24.4 Å². The van der Waals surface area contributed by atoms with E-state index in [4.69, 9.17) is 66.3 Å². The zero-order chi connectivity index (χ0) is 76.1. The van der Waals surface area contributed by atoms with Crippen LogP contribution in [0.1, 0.15) is 229 Å². The van der Waals surface area contributed by atoms with E-state index in [1.54, 1.807) is 13.8 Å². The Balaban J connectivity index is 0.000000156. The predicted octanol–water partition coefficient (Wildman–Crippen LogP) is 9.51. The first-order valence-corrected chi connectivity index (χ1v) is 37.1. The molecule has 13 fully saturated rings. The summed E-state index contributed by atoms with van der Waals surface area (Å²) in [6, 6.07) is 0. The topological polar surface area (TPSA) is 334 Å². The average Bonchev–Trinajstić information content (AvgIpc) is 1.56. The number of ether oxygens (including phenoxy) is 14. The lowest BCUT2D eigenvalue weighted by Crippen LogP contribution is -2.45. The standard InChI is InChI=1S/C15H22O4.2C14H20O5.C13H20O4.2C10H16O4/c1-5-15(3,4)14(17)19-11-8-6-9-10(7(8)2)13(16)18-12(9)11;1-5-13(2,3)11(15)18-8-7-6-14(4)10(17-7)9(8)19-12(14)16;1-5-14(3,4)13(16)19-10-8-6(2)7-9(17-8)11(10)18-12(7)15;1-4-13(2,3)12(15)17-10-8-6-5-7-9(8)16-11(10)14;1-4-10(2,3)9(12)14-7-5-8(11)13-6-7;1-4-10(2,3)9(12)14-7-5-6-13-8(7)11/h7-12H,5-6H2,1-4H3;7-10H,5-6H2,1-4H3;6-11H,5H2,1-4H3;8-10H,4-7H2,1-3H3;2*7H,4-6H2,1-3H3. The molecule has 0 aromatic carbocycles. The number of cyclic esters (lactones) is 2. The Labute approximate surface area is 600 Å². The van der Waals surface area contributed by atoms with Gasteiger partial charge >= 0.3 is 71.6 Å². The third kappa shape index (κ3) is 16.3. The number of fused-ring (bicyclic) bond motifs is 4. The van der Waals surface area contributed by atoms with E-state index in [1.807, 2.05) is 125 Å². The summed E-state index contributed by atoms with van der Waals surface area (Å²) >= 11 is 0. The molecule has 10 aliphatic heterocycles. The van der Waals surface area contributed by atoms with Crippen molar-refractivity contribution in [1.29, 1.82) is 0 Å². The van der Waals surface area contributed by atoms with Crippen LogP contribution in [-0.2, 0) is 124 Å². The molecule has 0 spiro atoms. The highest BCUT2D eigenvalue weighted by Crippen LogP contribution is 2.59. The molecule has 0 N–H and O–H groups in total. The van der Waals surface area contributed by atoms with Crippen LogP contribution in [0.15, 0.2) is 0 Å². The minimum Gasteiger partial charge on any atom is -0.463 e. The summed E-state index contributed by atoms with van der Waals surface area (Å²) in [6.07, 6.45) is 4.55. The van der Waals surface area contributed by atoms with Gasteiger partial charge in [0.05, 0.1) is 62.8 Å². The van der Waals surface area contributed by atoms with E-state index < -0.39 is 80.5 Å². The molecule has 102 heavy (non-hydrogen) atoms. The van der Waals surface area contributed by atoms with Crippen LogP contribution < -0.4 is 0 Å². The Kier molecular flexibility index (Phi) is 24.6. The molecular formula is C76H114O26. The van der Waals surface area contributed by atoms with E-state index in [-0.39, 0.29) is 163 Å². The van der Waals surface area contributed by atoms with E-state index in [2.05, 4.69) is 6.92 Å². The van der Waals surface area contributed by atoms with Gasteiger partial charge in [-0.05, 0) is 167 Å². The molecule has 10 heterocycles. The molecule has 0 amide bonds. The van der Waals surface area contributed by atoms with E-state index in [0.717, 1.165) is 32.1 Å². The van der Waals surface area contributed by atoms with Gasteiger partial charge in [-0.2, -0.15) is 0 Å². The lowest BCUT2D eigenvalue weighted by Gasteiger charge is -2.32. The summed E-state index contributed by atoms with van der Waals surface area (Å²) in [5.74, 6) is -2.30. The number of rotatable bonds is 18. The van der Waals surface area contributed by atoms with Crippen molar-refractivity contribution < 1.29 is 124 Å². The van der Waals surface area contributed by atoms with Crippen LogP contribution in [0.25, 0.3) is 0 Å². The number of carbonyl (C=O) groups is 12. The predicted molar refractivity (Wildman–Crippen MR) is 359 cm³/mol. The summed E-state index contributed by atoms with van der Waals surface area (Å²) < 4.78 is 74.8. The maximum absolute atomic E-state index is 12.2. The minimum atomic E-state index is -0.687. The summed E-state index contributed by atoms with van der Waals surface area (Å²) in [6.45, 7) is 40.3. The third-order valence-electron chi connectivity index (χ3n) is 24.7. The lowest BCUT2D eigenvalue weighted by atomic mass is 9.75. The van der Waals surface area contributed by atoms with Crippen molar-refractivity contribution in [1.82, 2.24) is 0 Å². The Morgan fingerprint density at radius 1 is 0.441 bits per heavy atom. The van der Waals surface area contributed by atoms with E-state index in [0.29, 0.717) is 57.5 Å². The highest BCUT2D eigenvalue weighted by atomic mass is 16.7. The second-order valence-corrected chi connectivity index (χ2v) is 34.0. The third-order valence-corrected chi connectivity index (χ3v) is 24.7. The van der Waals surface area contributed by atoms with Gasteiger partial charge in [0.1, 0.15) is 55.4 Å². The Bertz CT molecular complexity index is 3100. The Hall–Kier alpha value is -6.44. The van der Waals surface area contributed by atoms with Gasteiger partial charge < -0.3 is 66.3 Å². The Morgan fingerprint density at radius 2 is 0.931 bits per heavy atom. The number of hydrogen-bond acceptors (Lipinski definition) is 26. The van der Waals surface area contributed by atoms with Gasteiger partial charge in [-0.15, -0.1) is 0 Å². The molecule has 26 heteroatoms. The fraction of sp³-hybridized carbons (Fsp3) is 0.842. The van der Waals surface area contributed by atoms with Crippen LogP contribution in [0.3, 0.4) is 0 Å². The summed E-state index contributed by atoms with van der Waals surface area (Å²) in [7, 11) is 0. The molecule has 13 rings (SSSR count). The van der Waals surface area contributed by atoms with E-state index >= 15 is 0 Å². The molecule has 6 bridgehead atoms. The van der Waals surface area contributed by atoms with Crippen molar-refractivity contribution in [3.8, 4) is 0 Å². The second kappa shape index (κ2) is 30.9. The molecule has 0 aromatic rings. The molecule has 10 saturated heterocycles. The molecule has 0 radical (unpaired) electrons. The van der Waals surface area contributed by atoms with Crippen LogP contribution in [0, 0.1) is 79.3 Å². The van der Waals surface area contributed by atoms with Crippen molar-refractivity contribution in [3.05, 3.63) is 0 Å². The highest BCUT2D eigenvalue weighted by molar-refractivity contribution is 5.85. The first-order chi connectivity index (χ1) is 47.4. The van der Waals surface area contributed by atoms with Gasteiger partial charge in [-0.1, -0.05) is 55.4 Å². The normalized spacial score (nSPS) is 35.7. The maximum Gasteiger partial charge on any atom is 0.348 e. The first kappa shape index (κ1) is 81.2. The molecule has 13 aliphatic rings. The van der Waals surface area contributed by atoms with Crippen LogP contribution in [0.5, 0.6) is 0 Å². The number of carbonyl (C=O) groups excluding carboxylic acids is 12. The van der Waals surface area contributed by atoms with Crippen molar-refractivity contribution in [2.75, 3.05) is 13.2 Å². The van der Waals surface area contributed by atoms with Gasteiger partial charge in [0.2, 0.25) is 12.2 Å². The van der Waals surface area contributed by atoms with E-state index in [1.165, 1.54) is 0 Å². The van der Waals surface area contributed by atoms with Gasteiger partial charge in [0.25, 0.3) is 0 Å². The monoisotopic (exact) mass is 1440 g/mol. The molecule has 3 aliphatic carbocycles. The van der Waals surface area contributed by atoms with Crippen LogP contribution >= 0.6 is 0 Å². The average molecular weight is 1440 g/mol. The zero-order valence-corrected chi connectivity index (χ0v) is 63.8. The fourth-order valence-electron chi connectivity index (χ4n) is 14.6. The quantitative estimate of drug-likeness (QED) is 0.0910. The second-order valence-electron chi connectivity index (χ2n) is 34.0. The van der Waals surface area contributed by atoms with Crippen molar-refractivity contribution in [2.24, 2.45) is 79.3 Å². The van der Waals surface area contributed by atoms with Crippen molar-refractivity contribution in [2.45, 2.75) is 314 Å². The van der Waals surface area contributed by atoms with Crippen molar-refractivity contribution >= 4 is 71.6 Å². The molecular weight excluding hydrogens is 1330 g/mol. The van der Waals surface area contributed by atoms with Crippen LogP contribution in [0.2, 0.25) is 0 Å². The van der Waals surface area contributed by atoms with Crippen LogP contribution in [0.4, 0.5) is 0 Å². The van der Waals surface area contributed by atoms with Gasteiger partial charge in [-0.25, -0.2) is 9.59 Å². The number of hydrogen-bond donors (Lipinski definition) is 0. The first-order valence-electron chi connectivity index (χ1n) is 37.1. The highest BCUT2D eigenvalue weighted by Gasteiger charge is 2.72. The zero-order valence-electron chi connectivity index (χ0n) is 63.8. The largest absolute Gasteiger partial charge is 0.463 e. The molecule has 22 unspecified atom stereocenters. The number of esters is 12. The molecule has 3 saturated carbocycles. The SMILES string of the molecule is CCC(C)(C)C(=O)OC1C(=O)OC2CCCC21.CCC(C)(C)C(=O)OC1C2CC3(C)C(=O)OC1C3O2.CCC(C)(C)C(=O)OC1C2CC3C1OC(=O)C3C2C.CCC(C)(C)C(=O)OC1C2OC3C1OC(=O)C3C2C.CCC(C)(C)C(=O)OC1CCOC1=O.CCC(C)(C)C(=O)OC1COC(=O)C1. The van der Waals surface area contributed by atoms with Crippen LogP contribution in [-0.4, -0.2) is 170 Å². The minimum absolute atomic E-state index is 0.0231. The molecule has 22 atom stereocenters. The van der Waals surface area contributed by atoms with Crippen molar-refractivity contribution in [3.63, 3.8) is 0 Å². The van der Waals surface area contributed by atoms with Gasteiger partial charge in [0, 0.05) is 30.1 Å². The summed E-state index contributed by atoms with van der Waals surface area (Å²) in [5.41, 5.74) is -3.59. The molecule has 0 aromatic heterocycles. The molecule has 574 valence electrons. The lowest BCUT2D eigenvalue weighted by molar-refractivity contribution is -0.171. The fourth-order valence-corrected chi connectivity index (χ4v) is 14.6. The Morgan fingerprint density at radius 3 is 1.44 bits per heavy atom. The smallest absolute Gasteiger partial charge is 0.348 e. The summed E-state index contributed by atoms with van der Waals surface area (Å²) in [4.78, 5) is 140. The summed E-state index contributed by atoms with van der Waals surface area (Å²) in [5, 5.41) is 0. The van der Waals surface area contributed by atoms with E-state index in [9.17, 15) is 57.5 Å².